The summed E-state index contributed by atoms with van der Waals surface area (Å²) >= 11 is 6.11. The van der Waals surface area contributed by atoms with Crippen LogP contribution >= 0.6 is 11.6 Å². The molecular weight excluding hydrogens is 184 g/mol. The number of alkyl halides is 1. The molecule has 1 nitrogen and oxygen atoms in total. The van der Waals surface area contributed by atoms with E-state index in [1.807, 2.05) is 0 Å². The number of halogens is 1. The average molecular weight is 205 g/mol. The standard InChI is InChI=1S/C11H21ClO/c1-3-4-5-6-9-8(2)10(12)7-11(9)13/h8-11,13H,3-7H2,1-2H3/t8?,9?,10-,11-/m1/s1. The van der Waals surface area contributed by atoms with Gasteiger partial charge in [-0.1, -0.05) is 33.1 Å². The minimum absolute atomic E-state index is 0.144. The maximum atomic E-state index is 9.74. The third-order valence-electron chi connectivity index (χ3n) is 3.35. The molecule has 1 rings (SSSR count). The average Bonchev–Trinajstić information content (AvgIpc) is 2.32. The van der Waals surface area contributed by atoms with Crippen molar-refractivity contribution in [3.8, 4) is 0 Å². The Morgan fingerprint density at radius 2 is 2.08 bits per heavy atom. The van der Waals surface area contributed by atoms with Gasteiger partial charge in [-0.15, -0.1) is 11.6 Å². The summed E-state index contributed by atoms with van der Waals surface area (Å²) in [7, 11) is 0. The van der Waals surface area contributed by atoms with Crippen LogP contribution in [0.5, 0.6) is 0 Å². The van der Waals surface area contributed by atoms with Crippen molar-refractivity contribution in [3.63, 3.8) is 0 Å². The van der Waals surface area contributed by atoms with E-state index >= 15 is 0 Å². The van der Waals surface area contributed by atoms with Crippen molar-refractivity contribution in [1.82, 2.24) is 0 Å². The molecule has 0 aromatic rings. The molecule has 1 aliphatic rings. The summed E-state index contributed by atoms with van der Waals surface area (Å²) in [6, 6.07) is 0. The molecule has 4 atom stereocenters. The lowest BCUT2D eigenvalue weighted by atomic mass is 9.91. The van der Waals surface area contributed by atoms with Crippen LogP contribution in [0, 0.1) is 11.8 Å². The summed E-state index contributed by atoms with van der Waals surface area (Å²) in [5, 5.41) is 9.94. The van der Waals surface area contributed by atoms with Crippen molar-refractivity contribution in [2.24, 2.45) is 11.8 Å². The molecule has 0 spiro atoms. The highest BCUT2D eigenvalue weighted by atomic mass is 35.5. The molecule has 1 saturated carbocycles. The minimum atomic E-state index is -0.144. The summed E-state index contributed by atoms with van der Waals surface area (Å²) in [6.07, 6.45) is 5.57. The molecule has 1 N–H and O–H groups in total. The second kappa shape index (κ2) is 5.21. The van der Waals surface area contributed by atoms with Crippen molar-refractivity contribution in [3.05, 3.63) is 0 Å². The van der Waals surface area contributed by atoms with Crippen LogP contribution in [-0.2, 0) is 0 Å². The van der Waals surface area contributed by atoms with Gasteiger partial charge in [-0.25, -0.2) is 0 Å². The Labute approximate surface area is 86.5 Å². The van der Waals surface area contributed by atoms with Gasteiger partial charge in [0.1, 0.15) is 0 Å². The maximum absolute atomic E-state index is 9.74. The third-order valence-corrected chi connectivity index (χ3v) is 3.92. The number of hydrogen-bond donors (Lipinski definition) is 1. The van der Waals surface area contributed by atoms with Gasteiger partial charge in [0.15, 0.2) is 0 Å². The Kier molecular flexibility index (Phi) is 4.54. The summed E-state index contributed by atoms with van der Waals surface area (Å²) in [5.41, 5.74) is 0. The Morgan fingerprint density at radius 3 is 2.54 bits per heavy atom. The van der Waals surface area contributed by atoms with Gasteiger partial charge >= 0.3 is 0 Å². The molecule has 2 heteroatoms. The molecule has 1 aliphatic carbocycles. The SMILES string of the molecule is CCCCCC1C(C)[C@H](Cl)C[C@H]1O. The summed E-state index contributed by atoms with van der Waals surface area (Å²) < 4.78 is 0. The van der Waals surface area contributed by atoms with E-state index in [1.54, 1.807) is 0 Å². The van der Waals surface area contributed by atoms with Crippen molar-refractivity contribution in [2.45, 2.75) is 57.4 Å². The number of aliphatic hydroxyl groups excluding tert-OH is 1. The molecule has 0 aromatic carbocycles. The highest BCUT2D eigenvalue weighted by Gasteiger charge is 2.37. The topological polar surface area (TPSA) is 20.2 Å². The van der Waals surface area contributed by atoms with Gasteiger partial charge in [0.25, 0.3) is 0 Å². The van der Waals surface area contributed by atoms with Crippen molar-refractivity contribution >= 4 is 11.6 Å². The largest absolute Gasteiger partial charge is 0.393 e. The Morgan fingerprint density at radius 1 is 1.38 bits per heavy atom. The summed E-state index contributed by atoms with van der Waals surface area (Å²) in [5.74, 6) is 0.947. The molecule has 13 heavy (non-hydrogen) atoms. The lowest BCUT2D eigenvalue weighted by molar-refractivity contribution is 0.113. The van der Waals surface area contributed by atoms with Crippen LogP contribution in [0.4, 0.5) is 0 Å². The first-order chi connectivity index (χ1) is 6.16. The number of unbranched alkanes of at least 4 members (excludes halogenated alkanes) is 2. The van der Waals surface area contributed by atoms with Crippen LogP contribution < -0.4 is 0 Å². The zero-order valence-corrected chi connectivity index (χ0v) is 9.43. The molecule has 0 aliphatic heterocycles. The van der Waals surface area contributed by atoms with Crippen LogP contribution in [0.1, 0.15) is 46.0 Å². The molecule has 0 heterocycles. The predicted molar refractivity (Wildman–Crippen MR) is 57.1 cm³/mol. The van der Waals surface area contributed by atoms with E-state index < -0.39 is 0 Å². The van der Waals surface area contributed by atoms with Crippen LogP contribution in [0.2, 0.25) is 0 Å². The van der Waals surface area contributed by atoms with Gasteiger partial charge in [0.05, 0.1) is 6.10 Å². The highest BCUT2D eigenvalue weighted by Crippen LogP contribution is 2.38. The Balaban J connectivity index is 2.31. The summed E-state index contributed by atoms with van der Waals surface area (Å²) in [6.45, 7) is 4.38. The molecule has 2 unspecified atom stereocenters. The van der Waals surface area contributed by atoms with E-state index in [9.17, 15) is 5.11 Å². The summed E-state index contributed by atoms with van der Waals surface area (Å²) in [4.78, 5) is 0. The molecule has 1 fully saturated rings. The zero-order chi connectivity index (χ0) is 9.84. The normalized spacial score (nSPS) is 39.7. The van der Waals surface area contributed by atoms with E-state index in [4.69, 9.17) is 11.6 Å². The van der Waals surface area contributed by atoms with E-state index in [-0.39, 0.29) is 11.5 Å². The lowest BCUT2D eigenvalue weighted by Crippen LogP contribution is -2.18. The van der Waals surface area contributed by atoms with Crippen LogP contribution in [0.25, 0.3) is 0 Å². The lowest BCUT2D eigenvalue weighted by Gasteiger charge is -2.19. The molecule has 0 amide bonds. The monoisotopic (exact) mass is 204 g/mol. The van der Waals surface area contributed by atoms with E-state index in [2.05, 4.69) is 13.8 Å². The van der Waals surface area contributed by atoms with E-state index in [0.717, 1.165) is 12.8 Å². The zero-order valence-electron chi connectivity index (χ0n) is 8.67. The molecule has 0 aromatic heterocycles. The first-order valence-corrected chi connectivity index (χ1v) is 5.92. The predicted octanol–water partition coefficient (Wildman–Crippen LogP) is 3.19. The smallest absolute Gasteiger partial charge is 0.0585 e. The Hall–Kier alpha value is 0.250. The molecular formula is C11H21ClO. The van der Waals surface area contributed by atoms with Crippen LogP contribution in [0.3, 0.4) is 0 Å². The molecule has 0 bridgehead atoms. The van der Waals surface area contributed by atoms with E-state index in [0.29, 0.717) is 11.8 Å². The van der Waals surface area contributed by atoms with Gasteiger partial charge in [-0.3, -0.25) is 0 Å². The maximum Gasteiger partial charge on any atom is 0.0585 e. The number of aliphatic hydroxyl groups is 1. The molecule has 78 valence electrons. The second-order valence-corrected chi connectivity index (χ2v) is 4.90. The number of rotatable bonds is 4. The number of hydrogen-bond acceptors (Lipinski definition) is 1. The fourth-order valence-electron chi connectivity index (χ4n) is 2.32. The van der Waals surface area contributed by atoms with E-state index in [1.165, 1.54) is 19.3 Å². The quantitative estimate of drug-likeness (QED) is 0.551. The minimum Gasteiger partial charge on any atom is -0.393 e. The van der Waals surface area contributed by atoms with Gasteiger partial charge in [-0.05, 0) is 24.7 Å². The van der Waals surface area contributed by atoms with Crippen molar-refractivity contribution in [1.29, 1.82) is 0 Å². The van der Waals surface area contributed by atoms with Gasteiger partial charge < -0.3 is 5.11 Å². The first-order valence-electron chi connectivity index (χ1n) is 5.49. The second-order valence-electron chi connectivity index (χ2n) is 4.34. The Bertz CT molecular complexity index is 149. The van der Waals surface area contributed by atoms with Gasteiger partial charge in [0.2, 0.25) is 0 Å². The van der Waals surface area contributed by atoms with Gasteiger partial charge in [0, 0.05) is 5.38 Å². The third kappa shape index (κ3) is 2.85. The molecule has 0 saturated heterocycles. The first kappa shape index (κ1) is 11.3. The van der Waals surface area contributed by atoms with Gasteiger partial charge in [-0.2, -0.15) is 0 Å². The fourth-order valence-corrected chi connectivity index (χ4v) is 2.69. The highest BCUT2D eigenvalue weighted by molar-refractivity contribution is 6.21. The van der Waals surface area contributed by atoms with Crippen molar-refractivity contribution < 1.29 is 5.11 Å². The molecule has 0 radical (unpaired) electrons. The van der Waals surface area contributed by atoms with Crippen LogP contribution in [-0.4, -0.2) is 16.6 Å². The fraction of sp³-hybridized carbons (Fsp3) is 1.00. The van der Waals surface area contributed by atoms with Crippen LogP contribution in [0.15, 0.2) is 0 Å². The van der Waals surface area contributed by atoms with Crippen molar-refractivity contribution in [2.75, 3.05) is 0 Å².